The predicted molar refractivity (Wildman–Crippen MR) is 73.9 cm³/mol. The van der Waals surface area contributed by atoms with E-state index in [1.807, 2.05) is 22.4 Å². The smallest absolute Gasteiger partial charge is 0.209 e. The van der Waals surface area contributed by atoms with Crippen LogP contribution in [0.15, 0.2) is 28.1 Å². The molecule has 0 aromatic carbocycles. The van der Waals surface area contributed by atoms with Crippen LogP contribution in [0.1, 0.15) is 12.3 Å². The van der Waals surface area contributed by atoms with E-state index in [1.54, 1.807) is 17.5 Å². The lowest BCUT2D eigenvalue weighted by molar-refractivity contribution is 0.164. The molecule has 0 atom stereocenters. The molecule has 5 nitrogen and oxygen atoms in total. The van der Waals surface area contributed by atoms with Crippen molar-refractivity contribution in [2.24, 2.45) is 0 Å². The van der Waals surface area contributed by atoms with Crippen LogP contribution < -0.4 is 0 Å². The number of aliphatic hydroxyl groups excluding tert-OH is 2. The van der Waals surface area contributed by atoms with Gasteiger partial charge in [-0.15, -0.1) is 11.3 Å². The topological polar surface area (TPSA) is 69.7 Å². The number of hydrogen-bond acceptors (Lipinski definition) is 6. The molecule has 0 aliphatic rings. The molecule has 2 heterocycles. The Morgan fingerprint density at radius 2 is 2.16 bits per heavy atom. The fourth-order valence-corrected chi connectivity index (χ4v) is 2.48. The minimum Gasteiger partial charge on any atom is -0.438 e. The van der Waals surface area contributed by atoms with Gasteiger partial charge in [0.05, 0.1) is 24.2 Å². The number of hydrogen-bond donors (Lipinski definition) is 2. The lowest BCUT2D eigenvalue weighted by Crippen LogP contribution is -2.28. The first-order valence-electron chi connectivity index (χ1n) is 6.26. The third-order valence-corrected chi connectivity index (χ3v) is 3.61. The summed E-state index contributed by atoms with van der Waals surface area (Å²) in [6, 6.07) is 3.97. The minimum absolute atomic E-state index is 0.0872. The molecule has 0 saturated heterocycles. The molecule has 0 unspecified atom stereocenters. The highest BCUT2D eigenvalue weighted by atomic mass is 32.1. The first-order chi connectivity index (χ1) is 9.33. The van der Waals surface area contributed by atoms with Gasteiger partial charge in [-0.2, -0.15) is 0 Å². The molecule has 0 bridgehead atoms. The van der Waals surface area contributed by atoms with Gasteiger partial charge >= 0.3 is 0 Å². The summed E-state index contributed by atoms with van der Waals surface area (Å²) in [5.41, 5.74) is 0. The molecule has 0 aliphatic heterocycles. The van der Waals surface area contributed by atoms with Gasteiger partial charge in [0.15, 0.2) is 5.76 Å². The minimum atomic E-state index is 0.0872. The molecule has 2 rings (SSSR count). The molecule has 2 aromatic heterocycles. The highest BCUT2D eigenvalue weighted by Crippen LogP contribution is 2.25. The Bertz CT molecular complexity index is 470. The molecular formula is C13H18N2O3S. The first-order valence-corrected chi connectivity index (χ1v) is 7.14. The normalized spacial score (nSPS) is 11.3. The molecule has 0 fully saturated rings. The van der Waals surface area contributed by atoms with E-state index in [9.17, 15) is 0 Å². The summed E-state index contributed by atoms with van der Waals surface area (Å²) in [7, 11) is 0. The summed E-state index contributed by atoms with van der Waals surface area (Å²) < 4.78 is 5.70. The van der Waals surface area contributed by atoms with Gasteiger partial charge in [0.2, 0.25) is 5.89 Å². The molecule has 0 aliphatic carbocycles. The van der Waals surface area contributed by atoms with Crippen LogP contribution in [0.25, 0.3) is 10.6 Å². The van der Waals surface area contributed by atoms with Crippen molar-refractivity contribution in [3.05, 3.63) is 29.6 Å². The quantitative estimate of drug-likeness (QED) is 0.769. The average Bonchev–Trinajstić information content (AvgIpc) is 3.06. The number of thiophene rings is 1. The van der Waals surface area contributed by atoms with E-state index in [0.717, 1.165) is 10.6 Å². The van der Waals surface area contributed by atoms with Gasteiger partial charge in [0.1, 0.15) is 0 Å². The van der Waals surface area contributed by atoms with Gasteiger partial charge in [-0.3, -0.25) is 4.90 Å². The molecular weight excluding hydrogens is 264 g/mol. The van der Waals surface area contributed by atoms with Crippen molar-refractivity contribution >= 4 is 11.3 Å². The molecule has 0 amide bonds. The van der Waals surface area contributed by atoms with Crippen molar-refractivity contribution in [2.75, 3.05) is 26.3 Å². The van der Waals surface area contributed by atoms with Crippen molar-refractivity contribution in [1.82, 2.24) is 9.88 Å². The monoisotopic (exact) mass is 282 g/mol. The molecule has 0 radical (unpaired) electrons. The first kappa shape index (κ1) is 14.2. The van der Waals surface area contributed by atoms with Crippen molar-refractivity contribution in [3.8, 4) is 10.6 Å². The zero-order valence-corrected chi connectivity index (χ0v) is 11.5. The van der Waals surface area contributed by atoms with Gasteiger partial charge in [0, 0.05) is 19.7 Å². The lowest BCUT2D eigenvalue weighted by Gasteiger charge is -2.18. The van der Waals surface area contributed by atoms with Gasteiger partial charge < -0.3 is 14.6 Å². The van der Waals surface area contributed by atoms with E-state index in [-0.39, 0.29) is 13.2 Å². The van der Waals surface area contributed by atoms with Crippen LogP contribution >= 0.6 is 11.3 Å². The van der Waals surface area contributed by atoms with Crippen LogP contribution in [0.3, 0.4) is 0 Å². The maximum atomic E-state index is 9.02. The number of aromatic nitrogens is 1. The highest BCUT2D eigenvalue weighted by Gasteiger charge is 2.11. The van der Waals surface area contributed by atoms with Crippen LogP contribution in [0.2, 0.25) is 0 Å². The second-order valence-corrected chi connectivity index (χ2v) is 5.12. The molecule has 104 valence electrons. The summed E-state index contributed by atoms with van der Waals surface area (Å²) in [6.45, 7) is 2.05. The second-order valence-electron chi connectivity index (χ2n) is 4.17. The number of nitrogens with zero attached hydrogens (tertiary/aromatic N) is 2. The summed E-state index contributed by atoms with van der Waals surface area (Å²) >= 11 is 1.61. The molecule has 19 heavy (non-hydrogen) atoms. The van der Waals surface area contributed by atoms with Crippen molar-refractivity contribution in [1.29, 1.82) is 0 Å². The van der Waals surface area contributed by atoms with E-state index in [2.05, 4.69) is 4.98 Å². The van der Waals surface area contributed by atoms with Gasteiger partial charge in [-0.05, 0) is 17.9 Å². The van der Waals surface area contributed by atoms with Crippen LogP contribution in [-0.4, -0.2) is 46.4 Å². The average molecular weight is 282 g/mol. The van der Waals surface area contributed by atoms with Crippen LogP contribution in [0.5, 0.6) is 0 Å². The van der Waals surface area contributed by atoms with E-state index < -0.39 is 0 Å². The number of oxazole rings is 1. The zero-order valence-electron chi connectivity index (χ0n) is 10.7. The van der Waals surface area contributed by atoms with Gasteiger partial charge in [-0.25, -0.2) is 4.98 Å². The number of rotatable bonds is 8. The number of aliphatic hydroxyl groups is 2. The summed E-state index contributed by atoms with van der Waals surface area (Å²) in [4.78, 5) is 7.33. The maximum absolute atomic E-state index is 9.02. The van der Waals surface area contributed by atoms with Gasteiger partial charge in [-0.1, -0.05) is 6.07 Å². The van der Waals surface area contributed by atoms with Crippen molar-refractivity contribution in [2.45, 2.75) is 13.0 Å². The van der Waals surface area contributed by atoms with E-state index in [4.69, 9.17) is 14.6 Å². The zero-order chi connectivity index (χ0) is 13.5. The Morgan fingerprint density at radius 3 is 2.84 bits per heavy atom. The Labute approximate surface area is 116 Å². The summed E-state index contributed by atoms with van der Waals surface area (Å²) in [6.07, 6.45) is 2.41. The highest BCUT2D eigenvalue weighted by molar-refractivity contribution is 7.13. The Kier molecular flexibility index (Phi) is 5.53. The van der Waals surface area contributed by atoms with Gasteiger partial charge in [0.25, 0.3) is 0 Å². The predicted octanol–water partition coefficient (Wildman–Crippen LogP) is 1.58. The van der Waals surface area contributed by atoms with Crippen molar-refractivity contribution < 1.29 is 14.6 Å². The summed E-state index contributed by atoms with van der Waals surface area (Å²) in [5, 5.41) is 19.9. The van der Waals surface area contributed by atoms with E-state index >= 15 is 0 Å². The fourth-order valence-electron chi connectivity index (χ4n) is 1.81. The SMILES string of the molecule is OCCCN(CCO)Cc1ncc(-c2cccs2)o1. The Morgan fingerprint density at radius 1 is 1.26 bits per heavy atom. The van der Waals surface area contributed by atoms with Crippen molar-refractivity contribution in [3.63, 3.8) is 0 Å². The largest absolute Gasteiger partial charge is 0.438 e. The molecule has 6 heteroatoms. The molecule has 0 spiro atoms. The summed E-state index contributed by atoms with van der Waals surface area (Å²) in [5.74, 6) is 1.41. The molecule has 0 saturated carbocycles. The van der Waals surface area contributed by atoms with Crippen LogP contribution in [-0.2, 0) is 6.54 Å². The van der Waals surface area contributed by atoms with E-state index in [1.165, 1.54) is 0 Å². The Hall–Kier alpha value is -1.21. The Balaban J connectivity index is 1.97. The maximum Gasteiger partial charge on any atom is 0.209 e. The molecule has 2 N–H and O–H groups in total. The standard InChI is InChI=1S/C13H18N2O3S/c16-6-2-4-15(5-7-17)10-13-14-9-11(18-13)12-3-1-8-19-12/h1,3,8-9,16-17H,2,4-7,10H2. The fraction of sp³-hybridized carbons (Fsp3) is 0.462. The third-order valence-electron chi connectivity index (χ3n) is 2.73. The third kappa shape index (κ3) is 4.14. The van der Waals surface area contributed by atoms with Crippen LogP contribution in [0, 0.1) is 0 Å². The van der Waals surface area contributed by atoms with E-state index in [0.29, 0.717) is 31.9 Å². The lowest BCUT2D eigenvalue weighted by atomic mass is 10.4. The van der Waals surface area contributed by atoms with Crippen LogP contribution in [0.4, 0.5) is 0 Å². The second kappa shape index (κ2) is 7.40. The molecule has 2 aromatic rings.